The summed E-state index contributed by atoms with van der Waals surface area (Å²) in [6.07, 6.45) is 1.94. The van der Waals surface area contributed by atoms with E-state index in [4.69, 9.17) is 18.9 Å². The molecule has 0 N–H and O–H groups in total. The van der Waals surface area contributed by atoms with E-state index in [1.54, 1.807) is 18.1 Å². The number of furan rings is 1. The summed E-state index contributed by atoms with van der Waals surface area (Å²) in [5.41, 5.74) is 3.77. The molecule has 2 aromatic carbocycles. The van der Waals surface area contributed by atoms with Gasteiger partial charge in [0.2, 0.25) is 0 Å². The minimum atomic E-state index is -0.219. The largest absolute Gasteiger partial charge is 0.493 e. The Balaban J connectivity index is 1.58. The van der Waals surface area contributed by atoms with Crippen LogP contribution in [-0.2, 0) is 4.74 Å². The van der Waals surface area contributed by atoms with Crippen LogP contribution in [0.4, 0.5) is 5.13 Å². The topological polar surface area (TPSA) is 64.8 Å². The van der Waals surface area contributed by atoms with Gasteiger partial charge in [-0.05, 0) is 49.9 Å². The van der Waals surface area contributed by atoms with E-state index < -0.39 is 0 Å². The number of benzene rings is 2. The van der Waals surface area contributed by atoms with Gasteiger partial charge in [-0.2, -0.15) is 0 Å². The molecule has 1 aliphatic rings. The molecule has 31 heavy (non-hydrogen) atoms. The van der Waals surface area contributed by atoms with Crippen molar-refractivity contribution in [1.82, 2.24) is 4.98 Å². The molecule has 0 aliphatic carbocycles. The Bertz CT molecular complexity index is 1230. The molecule has 0 spiro atoms. The number of rotatable bonds is 5. The van der Waals surface area contributed by atoms with Gasteiger partial charge in [-0.1, -0.05) is 35.6 Å². The summed E-state index contributed by atoms with van der Waals surface area (Å²) in [6.45, 7) is 5.29. The molecule has 1 aliphatic heterocycles. The molecule has 2 aromatic heterocycles. The Labute approximate surface area is 184 Å². The van der Waals surface area contributed by atoms with Gasteiger partial charge in [0.05, 0.1) is 30.0 Å². The number of para-hydroxylation sites is 1. The normalized spacial score (nSPS) is 16.3. The van der Waals surface area contributed by atoms with Crippen molar-refractivity contribution in [3.8, 4) is 5.75 Å². The third-order valence-electron chi connectivity index (χ3n) is 5.76. The standard InChI is InChI=1S/C24H24N2O4S/c1-14-9-10-15(2)22-20(14)25-24(31-22)26(13-17-7-5-11-29-17)23(27)19-12-16-6-4-8-18(28-3)21(16)30-19/h4,6,8-10,12,17H,5,7,11,13H2,1-3H3/t17-/m0/s1. The maximum atomic E-state index is 13.7. The molecular formula is C24H24N2O4S. The first-order valence-electron chi connectivity index (χ1n) is 10.4. The predicted molar refractivity (Wildman–Crippen MR) is 123 cm³/mol. The first-order valence-corrected chi connectivity index (χ1v) is 11.2. The van der Waals surface area contributed by atoms with E-state index in [1.807, 2.05) is 25.1 Å². The first kappa shape index (κ1) is 20.0. The fraction of sp³-hybridized carbons (Fsp3) is 0.333. The Morgan fingerprint density at radius 3 is 2.84 bits per heavy atom. The van der Waals surface area contributed by atoms with Crippen molar-refractivity contribution < 1.29 is 18.7 Å². The minimum absolute atomic E-state index is 0.00271. The Hall–Kier alpha value is -2.90. The number of hydrogen-bond acceptors (Lipinski definition) is 6. The number of methoxy groups -OCH3 is 1. The zero-order valence-corrected chi connectivity index (χ0v) is 18.6. The number of amides is 1. The van der Waals surface area contributed by atoms with Gasteiger partial charge in [-0.15, -0.1) is 0 Å². The third-order valence-corrected chi connectivity index (χ3v) is 6.97. The molecule has 1 atom stereocenters. The fourth-order valence-corrected chi connectivity index (χ4v) is 5.16. The van der Waals surface area contributed by atoms with Gasteiger partial charge in [0, 0.05) is 12.0 Å². The molecule has 0 saturated carbocycles. The van der Waals surface area contributed by atoms with E-state index in [0.29, 0.717) is 23.0 Å². The van der Waals surface area contributed by atoms with Crippen molar-refractivity contribution in [2.45, 2.75) is 32.8 Å². The number of ether oxygens (including phenoxy) is 2. The number of carbonyl (C=O) groups excluding carboxylic acids is 1. The van der Waals surface area contributed by atoms with Crippen LogP contribution in [0, 0.1) is 13.8 Å². The summed E-state index contributed by atoms with van der Waals surface area (Å²) < 4.78 is 18.3. The molecular weight excluding hydrogens is 412 g/mol. The van der Waals surface area contributed by atoms with Crippen LogP contribution in [0.2, 0.25) is 0 Å². The quantitative estimate of drug-likeness (QED) is 0.414. The molecule has 1 fully saturated rings. The minimum Gasteiger partial charge on any atom is -0.493 e. The molecule has 0 bridgehead atoms. The lowest BCUT2D eigenvalue weighted by Gasteiger charge is -2.22. The van der Waals surface area contributed by atoms with Crippen molar-refractivity contribution in [3.05, 3.63) is 53.3 Å². The number of fused-ring (bicyclic) bond motifs is 2. The van der Waals surface area contributed by atoms with E-state index in [-0.39, 0.29) is 17.8 Å². The lowest BCUT2D eigenvalue weighted by molar-refractivity contribution is 0.0896. The van der Waals surface area contributed by atoms with Crippen LogP contribution in [0.3, 0.4) is 0 Å². The first-order chi connectivity index (χ1) is 15.0. The van der Waals surface area contributed by atoms with Crippen LogP contribution in [0.1, 0.15) is 34.5 Å². The van der Waals surface area contributed by atoms with Gasteiger partial charge in [-0.25, -0.2) is 4.98 Å². The summed E-state index contributed by atoms with van der Waals surface area (Å²) in [6, 6.07) is 11.5. The second-order valence-electron chi connectivity index (χ2n) is 7.91. The lowest BCUT2D eigenvalue weighted by atomic mass is 10.1. The smallest absolute Gasteiger partial charge is 0.295 e. The van der Waals surface area contributed by atoms with Crippen molar-refractivity contribution in [2.24, 2.45) is 0 Å². The van der Waals surface area contributed by atoms with E-state index >= 15 is 0 Å². The van der Waals surface area contributed by atoms with Crippen LogP contribution in [0.5, 0.6) is 5.75 Å². The molecule has 5 rings (SSSR count). The molecule has 4 aromatic rings. The Morgan fingerprint density at radius 1 is 1.26 bits per heavy atom. The van der Waals surface area contributed by atoms with Gasteiger partial charge in [0.25, 0.3) is 5.91 Å². The van der Waals surface area contributed by atoms with Gasteiger partial charge in [0.1, 0.15) is 0 Å². The van der Waals surface area contributed by atoms with Gasteiger partial charge >= 0.3 is 0 Å². The molecule has 3 heterocycles. The summed E-state index contributed by atoms with van der Waals surface area (Å²) in [7, 11) is 1.59. The molecule has 6 nitrogen and oxygen atoms in total. The van der Waals surface area contributed by atoms with Crippen LogP contribution >= 0.6 is 11.3 Å². The molecule has 1 amide bonds. The van der Waals surface area contributed by atoms with Crippen molar-refractivity contribution >= 4 is 43.6 Å². The number of anilines is 1. The highest BCUT2D eigenvalue weighted by Gasteiger charge is 2.29. The van der Waals surface area contributed by atoms with Gasteiger partial charge in [0.15, 0.2) is 22.2 Å². The average Bonchev–Trinajstić information content (AvgIpc) is 3.52. The van der Waals surface area contributed by atoms with Gasteiger partial charge < -0.3 is 13.9 Å². The van der Waals surface area contributed by atoms with E-state index in [9.17, 15) is 4.79 Å². The number of aromatic nitrogens is 1. The van der Waals surface area contributed by atoms with Crippen LogP contribution in [-0.4, -0.2) is 37.3 Å². The Morgan fingerprint density at radius 2 is 2.10 bits per heavy atom. The summed E-state index contributed by atoms with van der Waals surface area (Å²) >= 11 is 1.54. The SMILES string of the molecule is COc1cccc2cc(C(=O)N(C[C@@H]3CCCO3)c3nc4c(C)ccc(C)c4s3)oc12. The van der Waals surface area contributed by atoms with E-state index in [0.717, 1.165) is 46.2 Å². The lowest BCUT2D eigenvalue weighted by Crippen LogP contribution is -2.37. The maximum absolute atomic E-state index is 13.7. The summed E-state index contributed by atoms with van der Waals surface area (Å²) in [5.74, 6) is 0.654. The maximum Gasteiger partial charge on any atom is 0.295 e. The van der Waals surface area contributed by atoms with E-state index in [2.05, 4.69) is 19.1 Å². The molecule has 0 radical (unpaired) electrons. The highest BCUT2D eigenvalue weighted by Crippen LogP contribution is 2.35. The number of carbonyl (C=O) groups is 1. The molecule has 160 valence electrons. The molecule has 1 saturated heterocycles. The summed E-state index contributed by atoms with van der Waals surface area (Å²) in [5, 5.41) is 1.50. The second kappa shape index (κ2) is 7.98. The number of thiazole rings is 1. The van der Waals surface area contributed by atoms with Crippen molar-refractivity contribution in [1.29, 1.82) is 0 Å². The van der Waals surface area contributed by atoms with Crippen LogP contribution in [0.25, 0.3) is 21.2 Å². The van der Waals surface area contributed by atoms with Gasteiger partial charge in [-0.3, -0.25) is 9.69 Å². The monoisotopic (exact) mass is 436 g/mol. The van der Waals surface area contributed by atoms with Crippen molar-refractivity contribution in [2.75, 3.05) is 25.2 Å². The predicted octanol–water partition coefficient (Wildman–Crippen LogP) is 5.49. The second-order valence-corrected chi connectivity index (χ2v) is 8.89. The zero-order valence-electron chi connectivity index (χ0n) is 17.8. The van der Waals surface area contributed by atoms with Crippen LogP contribution < -0.4 is 9.64 Å². The number of nitrogens with zero attached hydrogens (tertiary/aromatic N) is 2. The summed E-state index contributed by atoms with van der Waals surface area (Å²) in [4.78, 5) is 20.2. The number of hydrogen-bond donors (Lipinski definition) is 0. The number of aryl methyl sites for hydroxylation is 2. The molecule has 0 unspecified atom stereocenters. The highest BCUT2D eigenvalue weighted by atomic mass is 32.1. The zero-order chi connectivity index (χ0) is 21.5. The molecule has 7 heteroatoms. The third kappa shape index (κ3) is 3.58. The average molecular weight is 437 g/mol. The van der Waals surface area contributed by atoms with Crippen molar-refractivity contribution in [3.63, 3.8) is 0 Å². The fourth-order valence-electron chi connectivity index (χ4n) is 4.04. The van der Waals surface area contributed by atoms with E-state index in [1.165, 1.54) is 11.3 Å². The Kier molecular flexibility index (Phi) is 5.16. The highest BCUT2D eigenvalue weighted by molar-refractivity contribution is 7.22. The van der Waals surface area contributed by atoms with Crippen LogP contribution in [0.15, 0.2) is 40.8 Å².